The van der Waals surface area contributed by atoms with Crippen molar-refractivity contribution in [3.8, 4) is 0 Å². The molecular formula is C28H54N2O4. The van der Waals surface area contributed by atoms with Gasteiger partial charge in [-0.05, 0) is 58.4 Å². The zero-order valence-corrected chi connectivity index (χ0v) is 23.1. The lowest BCUT2D eigenvalue weighted by atomic mass is 9.75. The Morgan fingerprint density at radius 1 is 0.794 bits per heavy atom. The molecule has 0 heterocycles. The van der Waals surface area contributed by atoms with Gasteiger partial charge in [-0.1, -0.05) is 73.1 Å². The van der Waals surface area contributed by atoms with Crippen molar-refractivity contribution in [1.82, 2.24) is 10.6 Å². The van der Waals surface area contributed by atoms with Crippen molar-refractivity contribution in [2.45, 2.75) is 149 Å². The van der Waals surface area contributed by atoms with Crippen molar-refractivity contribution < 1.29 is 19.5 Å². The predicted molar refractivity (Wildman–Crippen MR) is 141 cm³/mol. The van der Waals surface area contributed by atoms with Gasteiger partial charge < -0.3 is 15.7 Å². The minimum Gasteiger partial charge on any atom is -0.480 e. The van der Waals surface area contributed by atoms with Crippen LogP contribution in [0.25, 0.3) is 0 Å². The number of amides is 1. The number of carboxylic acid groups (broad SMARTS) is 1. The first-order valence-corrected chi connectivity index (χ1v) is 13.9. The molecule has 34 heavy (non-hydrogen) atoms. The smallest absolute Gasteiger partial charge is 0.326 e. The molecule has 0 radical (unpaired) electrons. The topological polar surface area (TPSA) is 95.5 Å². The van der Waals surface area contributed by atoms with E-state index in [0.29, 0.717) is 6.42 Å². The van der Waals surface area contributed by atoms with Crippen molar-refractivity contribution in [2.24, 2.45) is 5.41 Å². The molecule has 0 saturated carbocycles. The quantitative estimate of drug-likeness (QED) is 0.155. The summed E-state index contributed by atoms with van der Waals surface area (Å²) in [6, 6.07) is -1.00. The van der Waals surface area contributed by atoms with Gasteiger partial charge in [0.15, 0.2) is 0 Å². The van der Waals surface area contributed by atoms with Crippen LogP contribution in [0.4, 0.5) is 0 Å². The molecule has 0 aromatic rings. The van der Waals surface area contributed by atoms with Gasteiger partial charge in [0.05, 0.1) is 0 Å². The number of unbranched alkanes of at least 4 members (excludes halogenated alkanes) is 4. The number of Topliss-reactive ketones (excluding diaryl/α,β-unsaturated/α-hetero) is 1. The second-order valence-electron chi connectivity index (χ2n) is 10.6. The number of ketones is 1. The third-order valence-electron chi connectivity index (χ3n) is 7.35. The second kappa shape index (κ2) is 17.9. The van der Waals surface area contributed by atoms with Gasteiger partial charge >= 0.3 is 5.97 Å². The predicted octanol–water partition coefficient (Wildman–Crippen LogP) is 6.41. The summed E-state index contributed by atoms with van der Waals surface area (Å²) < 4.78 is 0. The maximum absolute atomic E-state index is 12.9. The van der Waals surface area contributed by atoms with E-state index in [1.165, 1.54) is 19.3 Å². The average molecular weight is 483 g/mol. The van der Waals surface area contributed by atoms with E-state index in [0.717, 1.165) is 64.3 Å². The minimum atomic E-state index is -1.07. The molecule has 0 aliphatic carbocycles. The third-order valence-corrected chi connectivity index (χ3v) is 7.35. The van der Waals surface area contributed by atoms with Crippen LogP contribution in [0.15, 0.2) is 0 Å². The summed E-state index contributed by atoms with van der Waals surface area (Å²) in [5, 5.41) is 15.9. The Morgan fingerprint density at radius 2 is 1.44 bits per heavy atom. The van der Waals surface area contributed by atoms with Crippen LogP contribution in [-0.2, 0) is 14.4 Å². The highest BCUT2D eigenvalue weighted by Crippen LogP contribution is 2.32. The zero-order valence-electron chi connectivity index (χ0n) is 23.1. The molecule has 0 aliphatic heterocycles. The van der Waals surface area contributed by atoms with E-state index in [-0.39, 0.29) is 30.1 Å². The lowest BCUT2D eigenvalue weighted by molar-refractivity contribution is -0.142. The van der Waals surface area contributed by atoms with E-state index in [1.54, 1.807) is 0 Å². The lowest BCUT2D eigenvalue weighted by Gasteiger charge is -2.30. The van der Waals surface area contributed by atoms with Gasteiger partial charge in [0, 0.05) is 23.8 Å². The largest absolute Gasteiger partial charge is 0.480 e. The molecule has 0 aromatic heterocycles. The van der Waals surface area contributed by atoms with Crippen molar-refractivity contribution in [2.75, 3.05) is 6.54 Å². The van der Waals surface area contributed by atoms with Gasteiger partial charge in [-0.15, -0.1) is 0 Å². The second-order valence-corrected chi connectivity index (χ2v) is 10.6. The van der Waals surface area contributed by atoms with Crippen LogP contribution in [-0.4, -0.2) is 40.9 Å². The fourth-order valence-corrected chi connectivity index (χ4v) is 4.56. The number of hydrogen-bond donors (Lipinski definition) is 3. The Morgan fingerprint density at radius 3 is 2.00 bits per heavy atom. The molecule has 0 rings (SSSR count). The molecule has 6 nitrogen and oxygen atoms in total. The summed E-state index contributed by atoms with van der Waals surface area (Å²) in [5.74, 6) is -1.19. The van der Waals surface area contributed by atoms with Crippen molar-refractivity contribution >= 4 is 17.7 Å². The molecular weight excluding hydrogens is 428 g/mol. The molecule has 3 atom stereocenters. The highest BCUT2D eigenvalue weighted by molar-refractivity contribution is 5.86. The number of nitrogens with one attached hydrogen (secondary N) is 2. The van der Waals surface area contributed by atoms with Gasteiger partial charge in [0.25, 0.3) is 0 Å². The Bertz CT molecular complexity index is 595. The van der Waals surface area contributed by atoms with Gasteiger partial charge in [-0.25, -0.2) is 4.79 Å². The number of hydrogen-bond acceptors (Lipinski definition) is 4. The van der Waals surface area contributed by atoms with Gasteiger partial charge in [0.1, 0.15) is 11.8 Å². The fraction of sp³-hybridized carbons (Fsp3) is 0.893. The maximum atomic E-state index is 12.9. The zero-order chi connectivity index (χ0) is 26.0. The standard InChI is InChI=1S/C28H54N2O4/c1-7-11-20-27(5,19-9-3)24(31)18-17-23(26(33)34)30-25(32)16-14-13-15-22-29-28(6,10-4)21-12-8-2/h23,29H,7-22H2,1-6H3,(H,30,32)(H,33,34). The Labute approximate surface area is 209 Å². The molecule has 0 saturated heterocycles. The Hall–Kier alpha value is -1.43. The van der Waals surface area contributed by atoms with Crippen molar-refractivity contribution in [3.05, 3.63) is 0 Å². The van der Waals surface area contributed by atoms with E-state index in [2.05, 4.69) is 45.3 Å². The van der Waals surface area contributed by atoms with E-state index in [9.17, 15) is 19.5 Å². The molecule has 0 spiro atoms. The fourth-order valence-electron chi connectivity index (χ4n) is 4.56. The Balaban J connectivity index is 4.42. The molecule has 1 amide bonds. The molecule has 3 N–H and O–H groups in total. The number of aliphatic carboxylic acids is 1. The highest BCUT2D eigenvalue weighted by atomic mass is 16.4. The molecule has 200 valence electrons. The first-order chi connectivity index (χ1) is 16.1. The van der Waals surface area contributed by atoms with Crippen molar-refractivity contribution in [3.63, 3.8) is 0 Å². The summed E-state index contributed by atoms with van der Waals surface area (Å²) >= 11 is 0. The molecule has 0 aliphatic rings. The van der Waals surface area contributed by atoms with Crippen LogP contribution >= 0.6 is 0 Å². The van der Waals surface area contributed by atoms with Crippen LogP contribution < -0.4 is 10.6 Å². The van der Waals surface area contributed by atoms with E-state index in [1.807, 2.05) is 6.92 Å². The van der Waals surface area contributed by atoms with Gasteiger partial charge in [-0.3, -0.25) is 9.59 Å². The first kappa shape index (κ1) is 32.6. The third kappa shape index (κ3) is 13.5. The summed E-state index contributed by atoms with van der Waals surface area (Å²) in [7, 11) is 0. The van der Waals surface area contributed by atoms with Crippen LogP contribution in [0.3, 0.4) is 0 Å². The summed E-state index contributed by atoms with van der Waals surface area (Å²) in [4.78, 5) is 36.9. The van der Waals surface area contributed by atoms with Gasteiger partial charge in [0.2, 0.25) is 5.91 Å². The van der Waals surface area contributed by atoms with Gasteiger partial charge in [-0.2, -0.15) is 0 Å². The molecule has 0 aromatic carbocycles. The molecule has 6 heteroatoms. The summed E-state index contributed by atoms with van der Waals surface area (Å²) in [6.45, 7) is 13.8. The lowest BCUT2D eigenvalue weighted by Crippen LogP contribution is -2.42. The van der Waals surface area contributed by atoms with Crippen LogP contribution in [0.5, 0.6) is 0 Å². The monoisotopic (exact) mass is 482 g/mol. The molecule has 3 unspecified atom stereocenters. The molecule has 0 fully saturated rings. The van der Waals surface area contributed by atoms with Crippen LogP contribution in [0.1, 0.15) is 138 Å². The highest BCUT2D eigenvalue weighted by Gasteiger charge is 2.32. The summed E-state index contributed by atoms with van der Waals surface area (Å²) in [6.07, 6.45) is 12.7. The Kier molecular flexibility index (Phi) is 17.2. The number of carboxylic acids is 1. The van der Waals surface area contributed by atoms with Crippen LogP contribution in [0.2, 0.25) is 0 Å². The minimum absolute atomic E-state index is 0.119. The first-order valence-electron chi connectivity index (χ1n) is 13.9. The van der Waals surface area contributed by atoms with E-state index in [4.69, 9.17) is 0 Å². The SMILES string of the molecule is CCCCC(C)(CC)NCCCCCC(=O)NC(CCC(=O)C(C)(CCC)CCCC)C(=O)O. The van der Waals surface area contributed by atoms with Crippen molar-refractivity contribution in [1.29, 1.82) is 0 Å². The van der Waals surface area contributed by atoms with E-state index >= 15 is 0 Å². The molecule has 0 bridgehead atoms. The number of carbonyl (C=O) groups is 3. The van der Waals surface area contributed by atoms with Crippen LogP contribution in [0, 0.1) is 5.41 Å². The number of carbonyl (C=O) groups excluding carboxylic acids is 2. The van der Waals surface area contributed by atoms with E-state index < -0.39 is 17.4 Å². The summed E-state index contributed by atoms with van der Waals surface area (Å²) in [5.41, 5.74) is -0.209. The normalized spacial score (nSPS) is 15.8. The maximum Gasteiger partial charge on any atom is 0.326 e. The number of rotatable bonds is 22. The average Bonchev–Trinajstić information content (AvgIpc) is 2.81.